The minimum Gasteiger partial charge on any atom is -0.478 e. The molecule has 20 heteroatoms. The van der Waals surface area contributed by atoms with Gasteiger partial charge in [0.2, 0.25) is 18.1 Å². The molecular weight excluding hydrogens is 743 g/mol. The predicted molar refractivity (Wildman–Crippen MR) is 170 cm³/mol. The van der Waals surface area contributed by atoms with Crippen LogP contribution in [0, 0.1) is 12.8 Å². The van der Waals surface area contributed by atoms with Gasteiger partial charge in [0.05, 0.1) is 5.41 Å². The molecule has 17 nitrogen and oxygen atoms in total. The molecule has 2 fully saturated rings. The summed E-state index contributed by atoms with van der Waals surface area (Å²) >= 11 is 0. The van der Waals surface area contributed by atoms with Crippen LogP contribution in [0.25, 0.3) is 0 Å². The number of halogens is 3. The standard InChI is InChI=1S/C35H36F3N3O14/c1-14-39-40-29(47-14)27-25(49-16(3)43)26(50-17(4)44)28(51-18(5)45)30(52-27)54-34(55-32(46)35(36,37)38)10-9-20-21-13-19-7-8-22(48-15(2)42)24-23(19)33(20,31(34)53-24)11-12-41(21)6/h7-10,20-21,25-28,30-31H,11-13H2,1-6H3/t20-,21+,25-,26-,27?,28+,30?,31+,33-,34+/m0/s1. The van der Waals surface area contributed by atoms with Gasteiger partial charge in [0, 0.05) is 52.1 Å². The number of carbonyl (C=O) groups is 5. The van der Waals surface area contributed by atoms with E-state index in [4.69, 9.17) is 42.3 Å². The average Bonchev–Trinajstić information content (AvgIpc) is 3.67. The maximum Gasteiger partial charge on any atom is 0.491 e. The van der Waals surface area contributed by atoms with Crippen molar-refractivity contribution in [2.75, 3.05) is 13.6 Å². The summed E-state index contributed by atoms with van der Waals surface area (Å²) in [6.45, 7) is 6.03. The number of ether oxygens (including phenoxy) is 8. The summed E-state index contributed by atoms with van der Waals surface area (Å²) in [4.78, 5) is 64.9. The van der Waals surface area contributed by atoms with Crippen LogP contribution in [-0.4, -0.2) is 107 Å². The molecule has 5 aliphatic rings. The minimum absolute atomic E-state index is 0.0188. The third kappa shape index (κ3) is 6.48. The van der Waals surface area contributed by atoms with E-state index in [1.165, 1.54) is 19.9 Å². The molecule has 1 spiro atoms. The lowest BCUT2D eigenvalue weighted by Gasteiger charge is -2.59. The number of alkyl halides is 3. The zero-order chi connectivity index (χ0) is 39.8. The average molecular weight is 780 g/mol. The number of aryl methyl sites for hydroxylation is 1. The number of benzene rings is 1. The molecule has 0 saturated carbocycles. The van der Waals surface area contributed by atoms with E-state index in [-0.39, 0.29) is 35.7 Å². The van der Waals surface area contributed by atoms with E-state index >= 15 is 0 Å². The van der Waals surface area contributed by atoms with Gasteiger partial charge in [-0.1, -0.05) is 12.1 Å². The first kappa shape index (κ1) is 38.2. The fourth-order valence-corrected chi connectivity index (χ4v) is 8.57. The number of carbonyl (C=O) groups excluding carboxylic acids is 5. The van der Waals surface area contributed by atoms with Crippen LogP contribution in [0.3, 0.4) is 0 Å². The van der Waals surface area contributed by atoms with Crippen molar-refractivity contribution >= 4 is 29.8 Å². The smallest absolute Gasteiger partial charge is 0.478 e. The van der Waals surface area contributed by atoms with Crippen LogP contribution in [0.2, 0.25) is 0 Å². The van der Waals surface area contributed by atoms with E-state index < -0.39 is 90.0 Å². The first-order chi connectivity index (χ1) is 25.8. The molecule has 2 saturated heterocycles. The van der Waals surface area contributed by atoms with E-state index in [1.807, 2.05) is 7.05 Å². The lowest BCUT2D eigenvalue weighted by Crippen LogP contribution is -2.71. The molecule has 7 rings (SSSR count). The van der Waals surface area contributed by atoms with Crippen LogP contribution in [0.1, 0.15) is 63.1 Å². The highest BCUT2D eigenvalue weighted by Gasteiger charge is 2.72. The summed E-state index contributed by atoms with van der Waals surface area (Å²) in [6, 6.07) is 3.05. The number of likely N-dealkylation sites (tertiary alicyclic amines) is 1. The molecule has 1 aromatic carbocycles. The molecule has 0 amide bonds. The lowest BCUT2D eigenvalue weighted by molar-refractivity contribution is -0.375. The maximum absolute atomic E-state index is 14.2. The Morgan fingerprint density at radius 2 is 1.60 bits per heavy atom. The summed E-state index contributed by atoms with van der Waals surface area (Å²) in [5.41, 5.74) is 0.0466. The predicted octanol–water partition coefficient (Wildman–Crippen LogP) is 2.46. The van der Waals surface area contributed by atoms with Crippen LogP contribution in [0.5, 0.6) is 11.5 Å². The van der Waals surface area contributed by atoms with Crippen LogP contribution in [0.15, 0.2) is 28.7 Å². The second-order valence-electron chi connectivity index (χ2n) is 14.0. The second-order valence-corrected chi connectivity index (χ2v) is 14.0. The number of likely N-dealkylation sites (N-methyl/N-ethyl adjacent to an activating group) is 1. The Balaban J connectivity index is 1.42. The number of nitrogens with zero attached hydrogens (tertiary/aromatic N) is 3. The van der Waals surface area contributed by atoms with Crippen molar-refractivity contribution in [3.8, 4) is 11.5 Å². The van der Waals surface area contributed by atoms with Crippen LogP contribution in [0.4, 0.5) is 13.2 Å². The van der Waals surface area contributed by atoms with E-state index in [0.29, 0.717) is 18.5 Å². The lowest BCUT2D eigenvalue weighted by atomic mass is 9.52. The van der Waals surface area contributed by atoms with E-state index in [1.54, 1.807) is 12.1 Å². The Labute approximate surface area is 310 Å². The Morgan fingerprint density at radius 3 is 2.22 bits per heavy atom. The summed E-state index contributed by atoms with van der Waals surface area (Å²) in [6.07, 6.45) is -12.8. The Hall–Kier alpha value is -5.08. The fourth-order valence-electron chi connectivity index (χ4n) is 8.57. The number of hydrogen-bond donors (Lipinski definition) is 0. The van der Waals surface area contributed by atoms with Crippen molar-refractivity contribution in [3.05, 3.63) is 47.2 Å². The quantitative estimate of drug-likeness (QED) is 0.124. The van der Waals surface area contributed by atoms with E-state index in [9.17, 15) is 37.1 Å². The molecule has 2 unspecified atom stereocenters. The van der Waals surface area contributed by atoms with Gasteiger partial charge in [0.1, 0.15) is 0 Å². The summed E-state index contributed by atoms with van der Waals surface area (Å²) < 4.78 is 94.9. The first-order valence-electron chi connectivity index (χ1n) is 17.2. The van der Waals surface area contributed by atoms with Gasteiger partial charge >= 0.3 is 36.0 Å². The van der Waals surface area contributed by atoms with Gasteiger partial charge in [-0.2, -0.15) is 13.2 Å². The molecule has 0 radical (unpaired) electrons. The molecule has 55 heavy (non-hydrogen) atoms. The number of esters is 5. The van der Waals surface area contributed by atoms with E-state index in [0.717, 1.165) is 32.4 Å². The van der Waals surface area contributed by atoms with E-state index in [2.05, 4.69) is 15.1 Å². The highest BCUT2D eigenvalue weighted by molar-refractivity contribution is 5.77. The van der Waals surface area contributed by atoms with Gasteiger partial charge < -0.3 is 47.2 Å². The monoisotopic (exact) mass is 779 g/mol. The molecule has 2 bridgehead atoms. The summed E-state index contributed by atoms with van der Waals surface area (Å²) in [5, 5.41) is 7.71. The zero-order valence-corrected chi connectivity index (χ0v) is 30.2. The minimum atomic E-state index is -5.56. The van der Waals surface area contributed by atoms with Crippen LogP contribution < -0.4 is 9.47 Å². The van der Waals surface area contributed by atoms with Crippen molar-refractivity contribution in [2.24, 2.45) is 5.92 Å². The van der Waals surface area contributed by atoms with Crippen molar-refractivity contribution in [3.63, 3.8) is 0 Å². The maximum atomic E-state index is 14.2. The molecular formula is C35H36F3N3O14. The molecule has 2 aliphatic carbocycles. The normalized spacial score (nSPS) is 33.1. The number of aromatic nitrogens is 2. The molecule has 1 aromatic heterocycles. The Kier molecular flexibility index (Phi) is 9.44. The van der Waals surface area contributed by atoms with Crippen molar-refractivity contribution in [1.29, 1.82) is 0 Å². The molecule has 2 aromatic rings. The van der Waals surface area contributed by atoms with Gasteiger partial charge in [0.25, 0.3) is 5.79 Å². The van der Waals surface area contributed by atoms with Crippen molar-refractivity contribution in [1.82, 2.24) is 15.1 Å². The molecule has 4 heterocycles. The van der Waals surface area contributed by atoms with Gasteiger partial charge in [0.15, 0.2) is 42.0 Å². The van der Waals surface area contributed by atoms with Crippen molar-refractivity contribution in [2.45, 2.75) is 108 Å². The molecule has 0 N–H and O–H groups in total. The number of rotatable bonds is 8. The third-order valence-electron chi connectivity index (χ3n) is 10.4. The largest absolute Gasteiger partial charge is 0.491 e. The highest BCUT2D eigenvalue weighted by atomic mass is 19.4. The third-order valence-corrected chi connectivity index (χ3v) is 10.4. The molecule has 10 atom stereocenters. The summed E-state index contributed by atoms with van der Waals surface area (Å²) in [5.74, 6) is -9.87. The Morgan fingerprint density at radius 1 is 0.927 bits per heavy atom. The van der Waals surface area contributed by atoms with Crippen LogP contribution >= 0.6 is 0 Å². The fraction of sp³-hybridized carbons (Fsp3) is 0.571. The van der Waals surface area contributed by atoms with Crippen molar-refractivity contribution < 1.29 is 79.5 Å². The second kappa shape index (κ2) is 13.6. The number of hydrogen-bond acceptors (Lipinski definition) is 17. The number of piperidine rings is 1. The van der Waals surface area contributed by atoms with Gasteiger partial charge in [-0.15, -0.1) is 10.2 Å². The molecule has 296 valence electrons. The van der Waals surface area contributed by atoms with Gasteiger partial charge in [-0.3, -0.25) is 19.2 Å². The van der Waals surface area contributed by atoms with Crippen LogP contribution in [-0.2, 0) is 64.2 Å². The van der Waals surface area contributed by atoms with Gasteiger partial charge in [-0.25, -0.2) is 4.79 Å². The summed E-state index contributed by atoms with van der Waals surface area (Å²) in [7, 11) is 1.91. The first-order valence-corrected chi connectivity index (χ1v) is 17.2. The highest BCUT2D eigenvalue weighted by Crippen LogP contribution is 2.65. The zero-order valence-electron chi connectivity index (χ0n) is 30.2. The Bertz CT molecular complexity index is 1970. The van der Waals surface area contributed by atoms with Gasteiger partial charge in [-0.05, 0) is 44.1 Å². The molecule has 3 aliphatic heterocycles. The topological polar surface area (TPSA) is 201 Å². The SMILES string of the molecule is CC(=O)Oc1ccc2c3c1O[C@H]1[C@@](OC(=O)C(F)(F)F)(OC4OC(c5nnc(C)o5)[C@@H](OC(C)=O)[C@H](OC(C)=O)[C@H]4OC(C)=O)C=C[C@H]4[C@@H](C2)N(C)CC[C@@]341.